The van der Waals surface area contributed by atoms with Crippen LogP contribution in [0.1, 0.15) is 12.1 Å². The number of ether oxygens (including phenoxy) is 2. The molecule has 148 valence electrons. The first kappa shape index (κ1) is 17.5. The molecule has 1 aromatic carbocycles. The number of pyridine rings is 1. The average molecular weight is 392 g/mol. The van der Waals surface area contributed by atoms with E-state index in [4.69, 9.17) is 9.47 Å². The second-order valence-electron chi connectivity index (χ2n) is 7.15. The van der Waals surface area contributed by atoms with Gasteiger partial charge in [0, 0.05) is 37.1 Å². The molecular weight excluding hydrogens is 372 g/mol. The molecule has 0 bridgehead atoms. The maximum absolute atomic E-state index is 12.6. The Morgan fingerprint density at radius 3 is 2.90 bits per heavy atom. The van der Waals surface area contributed by atoms with E-state index in [0.29, 0.717) is 37.8 Å². The number of hydrogen-bond donors (Lipinski definition) is 1. The molecule has 8 heteroatoms. The second kappa shape index (κ2) is 7.12. The Morgan fingerprint density at radius 2 is 2.03 bits per heavy atom. The highest BCUT2D eigenvalue weighted by Gasteiger charge is 2.35. The third-order valence-electron chi connectivity index (χ3n) is 5.19. The lowest BCUT2D eigenvalue weighted by Crippen LogP contribution is -2.32. The smallest absolute Gasteiger partial charge is 0.227 e. The van der Waals surface area contributed by atoms with Crippen LogP contribution in [0.5, 0.6) is 11.5 Å². The van der Waals surface area contributed by atoms with Gasteiger partial charge in [-0.25, -0.2) is 4.98 Å². The summed E-state index contributed by atoms with van der Waals surface area (Å²) < 4.78 is 13.0. The quantitative estimate of drug-likeness (QED) is 0.732. The molecule has 1 saturated heterocycles. The molecule has 0 aliphatic carbocycles. The zero-order valence-electron chi connectivity index (χ0n) is 15.7. The van der Waals surface area contributed by atoms with Gasteiger partial charge in [0.15, 0.2) is 11.5 Å². The third-order valence-corrected chi connectivity index (χ3v) is 5.19. The Morgan fingerprint density at radius 1 is 1.17 bits per heavy atom. The molecule has 2 aromatic heterocycles. The number of nitrogens with zero attached hydrogens (tertiary/aromatic N) is 3. The number of imidazole rings is 1. The minimum Gasteiger partial charge on any atom is -0.486 e. The van der Waals surface area contributed by atoms with Crippen LogP contribution in [0.25, 0.3) is 5.65 Å². The van der Waals surface area contributed by atoms with Gasteiger partial charge in [0.05, 0.1) is 18.2 Å². The molecule has 29 heavy (non-hydrogen) atoms. The van der Waals surface area contributed by atoms with E-state index in [1.165, 1.54) is 0 Å². The van der Waals surface area contributed by atoms with Crippen LogP contribution in [0, 0.1) is 5.92 Å². The summed E-state index contributed by atoms with van der Waals surface area (Å²) in [7, 11) is 0. The van der Waals surface area contributed by atoms with Gasteiger partial charge in [-0.15, -0.1) is 0 Å². The van der Waals surface area contributed by atoms with E-state index in [2.05, 4.69) is 10.3 Å². The zero-order chi connectivity index (χ0) is 19.8. The number of aromatic nitrogens is 2. The number of hydrogen-bond acceptors (Lipinski definition) is 5. The molecule has 2 aliphatic rings. The molecule has 2 amide bonds. The van der Waals surface area contributed by atoms with E-state index < -0.39 is 5.92 Å². The molecule has 5 rings (SSSR count). The molecule has 0 saturated carbocycles. The minimum absolute atomic E-state index is 0.0745. The highest BCUT2D eigenvalue weighted by Crippen LogP contribution is 2.36. The normalized spacial score (nSPS) is 18.3. The molecule has 2 aliphatic heterocycles. The molecule has 8 nitrogen and oxygen atoms in total. The Kier molecular flexibility index (Phi) is 4.31. The number of fused-ring (bicyclic) bond motifs is 2. The van der Waals surface area contributed by atoms with Crippen molar-refractivity contribution >= 4 is 23.1 Å². The van der Waals surface area contributed by atoms with Crippen LogP contribution in [0.15, 0.2) is 48.8 Å². The predicted octanol–water partition coefficient (Wildman–Crippen LogP) is 1.77. The van der Waals surface area contributed by atoms with Crippen molar-refractivity contribution in [1.29, 1.82) is 0 Å². The summed E-state index contributed by atoms with van der Waals surface area (Å²) in [5.74, 6) is 0.687. The standard InChI is InChI=1S/C21H20N4O4/c26-20-9-14(12-25(20)16-4-5-17-18(10-16)29-8-7-28-17)21(27)22-11-15-13-24-6-2-1-3-19(24)23-15/h1-6,10,13-14H,7-9,11-12H2,(H,22,27)/t14-/m1/s1. The monoisotopic (exact) mass is 392 g/mol. The minimum atomic E-state index is -0.396. The van der Waals surface area contributed by atoms with Crippen molar-refractivity contribution in [3.8, 4) is 11.5 Å². The molecule has 3 aromatic rings. The number of rotatable bonds is 4. The lowest BCUT2D eigenvalue weighted by molar-refractivity contribution is -0.126. The predicted molar refractivity (Wildman–Crippen MR) is 105 cm³/mol. The third kappa shape index (κ3) is 3.37. The summed E-state index contributed by atoms with van der Waals surface area (Å²) in [6, 6.07) is 11.2. The van der Waals surface area contributed by atoms with Gasteiger partial charge < -0.3 is 24.1 Å². The largest absolute Gasteiger partial charge is 0.486 e. The van der Waals surface area contributed by atoms with Crippen molar-refractivity contribution < 1.29 is 19.1 Å². The fourth-order valence-corrected chi connectivity index (χ4v) is 3.73. The second-order valence-corrected chi connectivity index (χ2v) is 7.15. The van der Waals surface area contributed by atoms with Crippen molar-refractivity contribution in [2.75, 3.05) is 24.7 Å². The topological polar surface area (TPSA) is 85.2 Å². The average Bonchev–Trinajstić information content (AvgIpc) is 3.35. The highest BCUT2D eigenvalue weighted by atomic mass is 16.6. The summed E-state index contributed by atoms with van der Waals surface area (Å²) in [5, 5.41) is 2.91. The van der Waals surface area contributed by atoms with Gasteiger partial charge >= 0.3 is 0 Å². The fraction of sp³-hybridized carbons (Fsp3) is 0.286. The van der Waals surface area contributed by atoms with Crippen molar-refractivity contribution in [2.24, 2.45) is 5.92 Å². The van der Waals surface area contributed by atoms with E-state index >= 15 is 0 Å². The van der Waals surface area contributed by atoms with Crippen molar-refractivity contribution in [1.82, 2.24) is 14.7 Å². The van der Waals surface area contributed by atoms with Gasteiger partial charge in [0.25, 0.3) is 0 Å². The van der Waals surface area contributed by atoms with Crippen LogP contribution >= 0.6 is 0 Å². The Hall–Kier alpha value is -3.55. The highest BCUT2D eigenvalue weighted by molar-refractivity contribution is 6.00. The van der Waals surface area contributed by atoms with Gasteiger partial charge in [-0.05, 0) is 24.3 Å². The molecule has 0 spiro atoms. The first-order chi connectivity index (χ1) is 14.2. The van der Waals surface area contributed by atoms with Crippen LogP contribution in [-0.2, 0) is 16.1 Å². The summed E-state index contributed by atoms with van der Waals surface area (Å²) in [4.78, 5) is 31.2. The van der Waals surface area contributed by atoms with Crippen LogP contribution in [0.3, 0.4) is 0 Å². The lowest BCUT2D eigenvalue weighted by Gasteiger charge is -2.22. The van der Waals surface area contributed by atoms with E-state index in [0.717, 1.165) is 17.0 Å². The summed E-state index contributed by atoms with van der Waals surface area (Å²) in [5.41, 5.74) is 2.32. The van der Waals surface area contributed by atoms with Crippen LogP contribution < -0.4 is 19.7 Å². The summed E-state index contributed by atoms with van der Waals surface area (Å²) in [6.07, 6.45) is 3.98. The molecule has 1 N–H and O–H groups in total. The Labute approximate surface area is 167 Å². The van der Waals surface area contributed by atoms with Gasteiger partial charge in [-0.3, -0.25) is 9.59 Å². The van der Waals surface area contributed by atoms with Gasteiger partial charge in [-0.2, -0.15) is 0 Å². The first-order valence-corrected chi connectivity index (χ1v) is 9.58. The fourth-order valence-electron chi connectivity index (χ4n) is 3.73. The van der Waals surface area contributed by atoms with E-state index in [-0.39, 0.29) is 18.2 Å². The van der Waals surface area contributed by atoms with Crippen molar-refractivity contribution in [2.45, 2.75) is 13.0 Å². The van der Waals surface area contributed by atoms with Gasteiger partial charge in [-0.1, -0.05) is 6.07 Å². The summed E-state index contributed by atoms with van der Waals surface area (Å²) >= 11 is 0. The molecule has 4 heterocycles. The Bertz CT molecular complexity index is 1060. The number of carbonyl (C=O) groups excluding carboxylic acids is 2. The van der Waals surface area contributed by atoms with Gasteiger partial charge in [0.1, 0.15) is 18.9 Å². The van der Waals surface area contributed by atoms with Crippen molar-refractivity contribution in [3.05, 3.63) is 54.5 Å². The van der Waals surface area contributed by atoms with E-state index in [1.54, 1.807) is 17.0 Å². The van der Waals surface area contributed by atoms with Crippen LogP contribution in [-0.4, -0.2) is 41.0 Å². The first-order valence-electron chi connectivity index (χ1n) is 9.58. The Balaban J connectivity index is 1.24. The maximum atomic E-state index is 12.6. The molecule has 1 fully saturated rings. The molecule has 0 radical (unpaired) electrons. The molecule has 1 atom stereocenters. The number of amides is 2. The number of benzene rings is 1. The number of anilines is 1. The van der Waals surface area contributed by atoms with Crippen LogP contribution in [0.4, 0.5) is 5.69 Å². The number of nitrogens with one attached hydrogen (secondary N) is 1. The summed E-state index contributed by atoms with van der Waals surface area (Å²) in [6.45, 7) is 1.67. The van der Waals surface area contributed by atoms with Crippen LogP contribution in [0.2, 0.25) is 0 Å². The van der Waals surface area contributed by atoms with Gasteiger partial charge in [0.2, 0.25) is 11.8 Å². The zero-order valence-corrected chi connectivity index (χ0v) is 15.7. The maximum Gasteiger partial charge on any atom is 0.227 e. The molecular formula is C21H20N4O4. The van der Waals surface area contributed by atoms with Crippen molar-refractivity contribution in [3.63, 3.8) is 0 Å². The lowest BCUT2D eigenvalue weighted by atomic mass is 10.1. The molecule has 0 unspecified atom stereocenters. The number of carbonyl (C=O) groups is 2. The SMILES string of the molecule is O=C(NCc1cn2ccccc2n1)[C@@H]1CC(=O)N(c2ccc3c(c2)OCCO3)C1. The van der Waals surface area contributed by atoms with E-state index in [9.17, 15) is 9.59 Å². The van der Waals surface area contributed by atoms with E-state index in [1.807, 2.05) is 41.1 Å².